The Balaban J connectivity index is 2.11. The van der Waals surface area contributed by atoms with Gasteiger partial charge in [-0.3, -0.25) is 13.7 Å². The lowest BCUT2D eigenvalue weighted by atomic mass is 10.2. The van der Waals surface area contributed by atoms with Crippen molar-refractivity contribution in [3.8, 4) is 0 Å². The molecule has 0 saturated heterocycles. The molecule has 2 heterocycles. The van der Waals surface area contributed by atoms with Crippen molar-refractivity contribution < 1.29 is 0 Å². The average molecular weight is 256 g/mol. The van der Waals surface area contributed by atoms with E-state index < -0.39 is 0 Å². The van der Waals surface area contributed by atoms with Crippen molar-refractivity contribution in [3.05, 3.63) is 64.2 Å². The van der Waals surface area contributed by atoms with Gasteiger partial charge < -0.3 is 0 Å². The first-order valence-electron chi connectivity index (χ1n) is 5.74. The van der Waals surface area contributed by atoms with E-state index in [4.69, 9.17) is 0 Å². The molecule has 3 nitrogen and oxygen atoms in total. The second-order valence-corrected chi connectivity index (χ2v) is 5.27. The van der Waals surface area contributed by atoms with Crippen molar-refractivity contribution in [2.45, 2.75) is 13.5 Å². The van der Waals surface area contributed by atoms with Gasteiger partial charge in [0.25, 0.3) is 5.56 Å². The van der Waals surface area contributed by atoms with Gasteiger partial charge in [-0.15, -0.1) is 0 Å². The number of pyridine rings is 1. The molecule has 0 saturated carbocycles. The molecule has 3 aromatic rings. The van der Waals surface area contributed by atoms with Gasteiger partial charge in [-0.2, -0.15) is 0 Å². The molecule has 18 heavy (non-hydrogen) atoms. The van der Waals surface area contributed by atoms with Crippen LogP contribution in [0, 0.1) is 6.92 Å². The number of rotatable bonds is 2. The first-order valence-corrected chi connectivity index (χ1v) is 6.51. The highest BCUT2D eigenvalue weighted by molar-refractivity contribution is 7.14. The Kier molecular flexibility index (Phi) is 2.72. The van der Waals surface area contributed by atoms with Gasteiger partial charge in [0, 0.05) is 12.4 Å². The van der Waals surface area contributed by atoms with Crippen molar-refractivity contribution in [1.29, 1.82) is 0 Å². The molecular formula is C14H12N2OS. The minimum Gasteiger partial charge on any atom is -0.268 e. The molecule has 2 aromatic heterocycles. The summed E-state index contributed by atoms with van der Waals surface area (Å²) in [5.74, 6) is 0. The second-order valence-electron chi connectivity index (χ2n) is 4.24. The summed E-state index contributed by atoms with van der Waals surface area (Å²) in [6, 6.07) is 9.73. The highest BCUT2D eigenvalue weighted by Gasteiger charge is 2.09. The van der Waals surface area contributed by atoms with Crippen LogP contribution in [0.3, 0.4) is 0 Å². The highest BCUT2D eigenvalue weighted by Crippen LogP contribution is 2.21. The number of aryl methyl sites for hydroxylation is 1. The lowest BCUT2D eigenvalue weighted by Gasteiger charge is -1.99. The van der Waals surface area contributed by atoms with Crippen LogP contribution in [0.4, 0.5) is 0 Å². The van der Waals surface area contributed by atoms with E-state index in [9.17, 15) is 4.79 Å². The lowest BCUT2D eigenvalue weighted by Crippen LogP contribution is -2.13. The van der Waals surface area contributed by atoms with Gasteiger partial charge in [0.1, 0.15) is 0 Å². The van der Waals surface area contributed by atoms with Gasteiger partial charge >= 0.3 is 0 Å². The fraction of sp³-hybridized carbons (Fsp3) is 0.143. The minimum absolute atomic E-state index is 0.0931. The molecule has 0 aliphatic heterocycles. The summed E-state index contributed by atoms with van der Waals surface area (Å²) < 4.78 is 2.88. The molecule has 90 valence electrons. The molecule has 0 radical (unpaired) electrons. The van der Waals surface area contributed by atoms with Gasteiger partial charge in [-0.25, -0.2) is 0 Å². The Bertz CT molecular complexity index is 743. The summed E-state index contributed by atoms with van der Waals surface area (Å²) in [5.41, 5.74) is 2.34. The zero-order valence-electron chi connectivity index (χ0n) is 9.96. The van der Waals surface area contributed by atoms with E-state index >= 15 is 0 Å². The quantitative estimate of drug-likeness (QED) is 0.706. The number of aromatic nitrogens is 2. The van der Waals surface area contributed by atoms with Crippen LogP contribution in [0.1, 0.15) is 11.1 Å². The SMILES string of the molecule is Cc1cccc2c(=O)n(Cc3ccncc3)sc12. The van der Waals surface area contributed by atoms with Crippen molar-refractivity contribution in [2.24, 2.45) is 0 Å². The van der Waals surface area contributed by atoms with Crippen molar-refractivity contribution in [2.75, 3.05) is 0 Å². The predicted octanol–water partition coefficient (Wildman–Crippen LogP) is 2.81. The molecule has 0 amide bonds. The topological polar surface area (TPSA) is 34.9 Å². The van der Waals surface area contributed by atoms with Crippen LogP contribution >= 0.6 is 11.5 Å². The molecule has 0 bridgehead atoms. The van der Waals surface area contributed by atoms with Crippen LogP contribution in [0.5, 0.6) is 0 Å². The minimum atomic E-state index is 0.0931. The molecule has 3 rings (SSSR count). The maximum Gasteiger partial charge on any atom is 0.268 e. The smallest absolute Gasteiger partial charge is 0.268 e. The maximum atomic E-state index is 12.2. The lowest BCUT2D eigenvalue weighted by molar-refractivity contribution is 0.852. The van der Waals surface area contributed by atoms with Crippen LogP contribution in [0.15, 0.2) is 47.5 Å². The molecule has 0 aliphatic carbocycles. The van der Waals surface area contributed by atoms with E-state index in [1.165, 1.54) is 11.5 Å². The Morgan fingerprint density at radius 2 is 2.00 bits per heavy atom. The summed E-state index contributed by atoms with van der Waals surface area (Å²) in [6.45, 7) is 2.65. The predicted molar refractivity (Wildman–Crippen MR) is 74.2 cm³/mol. The number of benzene rings is 1. The zero-order valence-corrected chi connectivity index (χ0v) is 10.8. The van der Waals surface area contributed by atoms with E-state index in [1.54, 1.807) is 16.4 Å². The Morgan fingerprint density at radius 1 is 1.22 bits per heavy atom. The van der Waals surface area contributed by atoms with Crippen LogP contribution in [-0.2, 0) is 6.54 Å². The number of hydrogen-bond acceptors (Lipinski definition) is 3. The first-order chi connectivity index (χ1) is 8.75. The second kappa shape index (κ2) is 4.38. The monoisotopic (exact) mass is 256 g/mol. The maximum absolute atomic E-state index is 12.2. The normalized spacial score (nSPS) is 10.9. The van der Waals surface area contributed by atoms with E-state index in [1.807, 2.05) is 37.3 Å². The van der Waals surface area contributed by atoms with E-state index in [2.05, 4.69) is 4.98 Å². The standard InChI is InChI=1S/C14H12N2OS/c1-10-3-2-4-12-13(10)18-16(14(12)17)9-11-5-7-15-8-6-11/h2-8H,9H2,1H3. The van der Waals surface area contributed by atoms with Crippen molar-refractivity contribution >= 4 is 21.6 Å². The first kappa shape index (κ1) is 11.2. The van der Waals surface area contributed by atoms with Gasteiger partial charge in [-0.05, 0) is 36.2 Å². The van der Waals surface area contributed by atoms with E-state index in [0.717, 1.165) is 21.2 Å². The zero-order chi connectivity index (χ0) is 12.5. The summed E-state index contributed by atoms with van der Waals surface area (Å²) >= 11 is 1.53. The largest absolute Gasteiger partial charge is 0.268 e. The van der Waals surface area contributed by atoms with Gasteiger partial charge in [0.2, 0.25) is 0 Å². The van der Waals surface area contributed by atoms with E-state index in [-0.39, 0.29) is 5.56 Å². The third-order valence-corrected chi connectivity index (χ3v) is 4.19. The molecule has 4 heteroatoms. The molecule has 0 N–H and O–H groups in total. The molecule has 0 aliphatic rings. The Morgan fingerprint density at radius 3 is 2.72 bits per heavy atom. The van der Waals surface area contributed by atoms with E-state index in [0.29, 0.717) is 6.54 Å². The Hall–Kier alpha value is -1.94. The summed E-state index contributed by atoms with van der Waals surface area (Å²) in [6.07, 6.45) is 3.50. The molecular weight excluding hydrogens is 244 g/mol. The fourth-order valence-electron chi connectivity index (χ4n) is 1.99. The number of fused-ring (bicyclic) bond motifs is 1. The van der Waals surface area contributed by atoms with Gasteiger partial charge in [0.05, 0.1) is 16.6 Å². The fourth-order valence-corrected chi connectivity index (χ4v) is 3.07. The summed E-state index contributed by atoms with van der Waals surface area (Å²) in [5, 5.41) is 0.814. The van der Waals surface area contributed by atoms with Gasteiger partial charge in [0.15, 0.2) is 0 Å². The van der Waals surface area contributed by atoms with Crippen LogP contribution < -0.4 is 5.56 Å². The highest BCUT2D eigenvalue weighted by atomic mass is 32.1. The third kappa shape index (κ3) is 1.84. The Labute approximate surface area is 108 Å². The number of hydrogen-bond donors (Lipinski definition) is 0. The van der Waals surface area contributed by atoms with Crippen LogP contribution in [-0.4, -0.2) is 8.94 Å². The molecule has 0 spiro atoms. The van der Waals surface area contributed by atoms with Crippen LogP contribution in [0.2, 0.25) is 0 Å². The molecule has 0 fully saturated rings. The van der Waals surface area contributed by atoms with Crippen molar-refractivity contribution in [1.82, 2.24) is 8.94 Å². The third-order valence-electron chi connectivity index (χ3n) is 2.95. The molecule has 0 unspecified atom stereocenters. The summed E-state index contributed by atoms with van der Waals surface area (Å²) in [4.78, 5) is 16.2. The van der Waals surface area contributed by atoms with Crippen molar-refractivity contribution in [3.63, 3.8) is 0 Å². The summed E-state index contributed by atoms with van der Waals surface area (Å²) in [7, 11) is 0. The van der Waals surface area contributed by atoms with Gasteiger partial charge in [-0.1, -0.05) is 23.7 Å². The molecule has 1 aromatic carbocycles. The number of nitrogens with zero attached hydrogens (tertiary/aromatic N) is 2. The molecule has 0 atom stereocenters. The van der Waals surface area contributed by atoms with Crippen LogP contribution in [0.25, 0.3) is 10.1 Å². The average Bonchev–Trinajstić information content (AvgIpc) is 2.70.